The van der Waals surface area contributed by atoms with Gasteiger partial charge in [0.1, 0.15) is 17.7 Å². The van der Waals surface area contributed by atoms with Crippen LogP contribution in [0.5, 0.6) is 0 Å². The molecule has 1 N–H and O–H groups in total. The minimum absolute atomic E-state index is 0.00455. The van der Waals surface area contributed by atoms with Gasteiger partial charge in [0.15, 0.2) is 0 Å². The van der Waals surface area contributed by atoms with Crippen molar-refractivity contribution in [3.63, 3.8) is 0 Å². The second kappa shape index (κ2) is 7.14. The van der Waals surface area contributed by atoms with Crippen molar-refractivity contribution < 1.29 is 13.9 Å². The molecule has 0 aliphatic carbocycles. The molecule has 1 atom stereocenters. The number of H-pyrrole nitrogens is 1. The Balaban J connectivity index is 1.72. The number of carbonyl (C=O) groups excluding carboxylic acids is 1. The summed E-state index contributed by atoms with van der Waals surface area (Å²) in [5.41, 5.74) is 1.50. The lowest BCUT2D eigenvalue weighted by atomic mass is 10.1. The zero-order chi connectivity index (χ0) is 18.0. The quantitative estimate of drug-likeness (QED) is 0.918. The highest BCUT2D eigenvalue weighted by atomic mass is 19.1. The van der Waals surface area contributed by atoms with Gasteiger partial charge in [0, 0.05) is 17.8 Å². The van der Waals surface area contributed by atoms with E-state index in [2.05, 4.69) is 9.97 Å². The molecule has 1 saturated heterocycles. The third-order valence-electron chi connectivity index (χ3n) is 4.33. The van der Waals surface area contributed by atoms with Gasteiger partial charge in [-0.3, -0.25) is 9.59 Å². The van der Waals surface area contributed by atoms with Gasteiger partial charge in [0.2, 0.25) is 5.91 Å². The molecule has 0 radical (unpaired) electrons. The van der Waals surface area contributed by atoms with Gasteiger partial charge in [0.25, 0.3) is 5.56 Å². The molecule has 1 aliphatic rings. The van der Waals surface area contributed by atoms with E-state index in [9.17, 15) is 14.0 Å². The molecular weight excluding hydrogens is 325 g/mol. The smallest absolute Gasteiger partial charge is 0.254 e. The number of aromatic amines is 1. The first-order valence-electron chi connectivity index (χ1n) is 8.15. The monoisotopic (exact) mass is 345 g/mol. The summed E-state index contributed by atoms with van der Waals surface area (Å²) < 4.78 is 18.8. The topological polar surface area (TPSA) is 75.3 Å². The molecule has 2 heterocycles. The van der Waals surface area contributed by atoms with E-state index in [4.69, 9.17) is 4.74 Å². The fourth-order valence-electron chi connectivity index (χ4n) is 2.98. The Labute approximate surface area is 144 Å². The fourth-order valence-corrected chi connectivity index (χ4v) is 2.98. The van der Waals surface area contributed by atoms with E-state index in [1.54, 1.807) is 30.9 Å². The Hall–Kier alpha value is -2.54. The largest absolute Gasteiger partial charge is 0.370 e. The number of aromatic nitrogens is 2. The van der Waals surface area contributed by atoms with E-state index >= 15 is 0 Å². The maximum atomic E-state index is 13.1. The van der Waals surface area contributed by atoms with Gasteiger partial charge in [-0.05, 0) is 31.5 Å². The normalized spacial score (nSPS) is 17.6. The number of ether oxygens (including phenoxy) is 1. The van der Waals surface area contributed by atoms with Crippen LogP contribution in [0, 0.1) is 19.7 Å². The molecule has 1 fully saturated rings. The number of hydrogen-bond donors (Lipinski definition) is 1. The average molecular weight is 345 g/mol. The number of hydrogen-bond acceptors (Lipinski definition) is 4. The second-order valence-corrected chi connectivity index (χ2v) is 6.14. The number of rotatable bonds is 3. The van der Waals surface area contributed by atoms with E-state index in [1.807, 2.05) is 0 Å². The summed E-state index contributed by atoms with van der Waals surface area (Å²) in [6.07, 6.45) is -0.293. The van der Waals surface area contributed by atoms with Crippen LogP contribution in [-0.4, -0.2) is 40.5 Å². The molecule has 3 rings (SSSR count). The molecule has 0 bridgehead atoms. The van der Waals surface area contributed by atoms with Crippen LogP contribution in [0.3, 0.4) is 0 Å². The first-order valence-corrected chi connectivity index (χ1v) is 8.15. The molecule has 0 unspecified atom stereocenters. The standard InChI is InChI=1S/C18H20FN3O3/c1-11-15(18(24)21-12(2)20-11)9-17(23)22-7-8-25-16(10-22)13-3-5-14(19)6-4-13/h3-6,16H,7-10H2,1-2H3,(H,20,21,24)/t16-/m1/s1. The van der Waals surface area contributed by atoms with Crippen LogP contribution < -0.4 is 5.56 Å². The van der Waals surface area contributed by atoms with Gasteiger partial charge in [-0.1, -0.05) is 12.1 Å². The van der Waals surface area contributed by atoms with E-state index in [0.717, 1.165) is 5.56 Å². The minimum Gasteiger partial charge on any atom is -0.370 e. The highest BCUT2D eigenvalue weighted by Crippen LogP contribution is 2.23. The molecule has 0 saturated carbocycles. The molecule has 6 nitrogen and oxygen atoms in total. The number of halogens is 1. The van der Waals surface area contributed by atoms with E-state index in [0.29, 0.717) is 36.8 Å². The van der Waals surface area contributed by atoms with Crippen molar-refractivity contribution in [2.45, 2.75) is 26.4 Å². The van der Waals surface area contributed by atoms with Crippen molar-refractivity contribution in [2.24, 2.45) is 0 Å². The number of aryl methyl sites for hydroxylation is 2. The van der Waals surface area contributed by atoms with Crippen LogP contribution in [0.15, 0.2) is 29.1 Å². The molecule has 1 aromatic carbocycles. The Morgan fingerprint density at radius 2 is 2.08 bits per heavy atom. The Morgan fingerprint density at radius 3 is 2.76 bits per heavy atom. The van der Waals surface area contributed by atoms with Gasteiger partial charge >= 0.3 is 0 Å². The predicted octanol–water partition coefficient (Wildman–Crippen LogP) is 1.67. The zero-order valence-corrected chi connectivity index (χ0v) is 14.2. The third kappa shape index (κ3) is 3.93. The van der Waals surface area contributed by atoms with Crippen molar-refractivity contribution in [3.8, 4) is 0 Å². The lowest BCUT2D eigenvalue weighted by Crippen LogP contribution is -2.43. The highest BCUT2D eigenvalue weighted by molar-refractivity contribution is 5.79. The Morgan fingerprint density at radius 1 is 1.36 bits per heavy atom. The summed E-state index contributed by atoms with van der Waals surface area (Å²) in [5, 5.41) is 0. The third-order valence-corrected chi connectivity index (χ3v) is 4.33. The minimum atomic E-state index is -0.311. The highest BCUT2D eigenvalue weighted by Gasteiger charge is 2.26. The van der Waals surface area contributed by atoms with Crippen molar-refractivity contribution in [2.75, 3.05) is 19.7 Å². The number of morpholine rings is 1. The van der Waals surface area contributed by atoms with Gasteiger partial charge in [0.05, 0.1) is 19.6 Å². The molecule has 1 amide bonds. The summed E-state index contributed by atoms with van der Waals surface area (Å²) in [6.45, 7) is 4.67. The first-order chi connectivity index (χ1) is 11.9. The lowest BCUT2D eigenvalue weighted by molar-refractivity contribution is -0.138. The summed E-state index contributed by atoms with van der Waals surface area (Å²) >= 11 is 0. The number of amides is 1. The first kappa shape index (κ1) is 17.3. The number of carbonyl (C=O) groups is 1. The number of nitrogens with one attached hydrogen (secondary N) is 1. The van der Waals surface area contributed by atoms with Crippen LogP contribution in [-0.2, 0) is 16.0 Å². The summed E-state index contributed by atoms with van der Waals surface area (Å²) in [7, 11) is 0. The van der Waals surface area contributed by atoms with E-state index in [-0.39, 0.29) is 29.8 Å². The van der Waals surface area contributed by atoms with Crippen molar-refractivity contribution >= 4 is 5.91 Å². The van der Waals surface area contributed by atoms with Gasteiger partial charge in [-0.15, -0.1) is 0 Å². The molecule has 1 aliphatic heterocycles. The Bertz CT molecular complexity index is 832. The molecule has 1 aromatic heterocycles. The molecule has 25 heavy (non-hydrogen) atoms. The fraction of sp³-hybridized carbons (Fsp3) is 0.389. The van der Waals surface area contributed by atoms with Crippen LogP contribution in [0.2, 0.25) is 0 Å². The zero-order valence-electron chi connectivity index (χ0n) is 14.2. The number of benzene rings is 1. The SMILES string of the molecule is Cc1nc(C)c(CC(=O)N2CCO[C@@H](c3ccc(F)cc3)C2)c(=O)[nH]1. The molecule has 7 heteroatoms. The van der Waals surface area contributed by atoms with E-state index < -0.39 is 0 Å². The number of nitrogens with zero attached hydrogens (tertiary/aromatic N) is 2. The van der Waals surface area contributed by atoms with Crippen LogP contribution >= 0.6 is 0 Å². The molecular formula is C18H20FN3O3. The van der Waals surface area contributed by atoms with Crippen LogP contribution in [0.25, 0.3) is 0 Å². The molecule has 132 valence electrons. The maximum Gasteiger partial charge on any atom is 0.254 e. The molecule has 0 spiro atoms. The summed E-state index contributed by atoms with van der Waals surface area (Å²) in [6, 6.07) is 6.07. The van der Waals surface area contributed by atoms with Gasteiger partial charge in [-0.25, -0.2) is 9.37 Å². The second-order valence-electron chi connectivity index (χ2n) is 6.14. The molecule has 2 aromatic rings. The van der Waals surface area contributed by atoms with Crippen LogP contribution in [0.4, 0.5) is 4.39 Å². The predicted molar refractivity (Wildman–Crippen MR) is 89.7 cm³/mol. The van der Waals surface area contributed by atoms with Gasteiger partial charge in [-0.2, -0.15) is 0 Å². The van der Waals surface area contributed by atoms with Crippen LogP contribution in [0.1, 0.15) is 28.7 Å². The van der Waals surface area contributed by atoms with E-state index in [1.165, 1.54) is 12.1 Å². The van der Waals surface area contributed by atoms with Crippen molar-refractivity contribution in [3.05, 3.63) is 63.1 Å². The lowest BCUT2D eigenvalue weighted by Gasteiger charge is -2.33. The summed E-state index contributed by atoms with van der Waals surface area (Å²) in [5.74, 6) is 0.0742. The van der Waals surface area contributed by atoms with Gasteiger partial charge < -0.3 is 14.6 Å². The maximum absolute atomic E-state index is 13.1. The van der Waals surface area contributed by atoms with Crippen molar-refractivity contribution in [1.82, 2.24) is 14.9 Å². The summed E-state index contributed by atoms with van der Waals surface area (Å²) in [4.78, 5) is 33.2. The Kier molecular flexibility index (Phi) is 4.94. The average Bonchev–Trinajstić information content (AvgIpc) is 2.58. The van der Waals surface area contributed by atoms with Crippen molar-refractivity contribution in [1.29, 1.82) is 0 Å².